The van der Waals surface area contributed by atoms with E-state index in [1.807, 2.05) is 37.4 Å². The Labute approximate surface area is 193 Å². The number of nitrogens with zero attached hydrogens (tertiary/aromatic N) is 4. The maximum absolute atomic E-state index is 11.8. The third-order valence-corrected chi connectivity index (χ3v) is 6.97. The third-order valence-electron chi connectivity index (χ3n) is 6.97. The lowest BCUT2D eigenvalue weighted by atomic mass is 9.81. The summed E-state index contributed by atoms with van der Waals surface area (Å²) in [6, 6.07) is 6.83. The van der Waals surface area contributed by atoms with E-state index < -0.39 is 0 Å². The van der Waals surface area contributed by atoms with Gasteiger partial charge in [-0.1, -0.05) is 6.92 Å². The summed E-state index contributed by atoms with van der Waals surface area (Å²) in [7, 11) is 1.61. The molecule has 8 nitrogen and oxygen atoms in total. The maximum Gasteiger partial charge on any atom is 0.269 e. The highest BCUT2D eigenvalue weighted by Crippen LogP contribution is 2.37. The van der Waals surface area contributed by atoms with Crippen molar-refractivity contribution in [1.82, 2.24) is 20.2 Å². The van der Waals surface area contributed by atoms with Crippen LogP contribution >= 0.6 is 0 Å². The molecule has 1 aliphatic carbocycles. The van der Waals surface area contributed by atoms with Gasteiger partial charge in [0.2, 0.25) is 0 Å². The summed E-state index contributed by atoms with van der Waals surface area (Å²) in [5.41, 5.74) is 5.82. The quantitative estimate of drug-likeness (QED) is 0.685. The van der Waals surface area contributed by atoms with Gasteiger partial charge in [0.05, 0.1) is 23.3 Å². The van der Waals surface area contributed by atoms with Crippen LogP contribution in [0.1, 0.15) is 47.9 Å². The minimum Gasteiger partial charge on any atom is -0.364 e. The van der Waals surface area contributed by atoms with Gasteiger partial charge in [0.15, 0.2) is 5.94 Å². The number of hydrogen-bond acceptors (Lipinski definition) is 7. The van der Waals surface area contributed by atoms with Crippen LogP contribution in [0.4, 0.5) is 11.4 Å². The molecule has 1 saturated carbocycles. The van der Waals surface area contributed by atoms with Gasteiger partial charge >= 0.3 is 0 Å². The van der Waals surface area contributed by atoms with Gasteiger partial charge in [-0.2, -0.15) is 0 Å². The molecule has 0 aromatic carbocycles. The summed E-state index contributed by atoms with van der Waals surface area (Å²) in [5, 5.41) is 5.82. The van der Waals surface area contributed by atoms with E-state index in [4.69, 9.17) is 0 Å². The monoisotopic (exact) mass is 444 g/mol. The number of hydrogen-bond donors (Lipinski definition) is 2. The number of allylic oxidation sites excluding steroid dienone is 1. The molecule has 2 fully saturated rings. The molecule has 2 aliphatic heterocycles. The van der Waals surface area contributed by atoms with Gasteiger partial charge in [-0.05, 0) is 54.7 Å². The van der Waals surface area contributed by atoms with Crippen LogP contribution in [0.15, 0.2) is 41.9 Å². The summed E-state index contributed by atoms with van der Waals surface area (Å²) < 4.78 is 0. The van der Waals surface area contributed by atoms with Gasteiger partial charge in [-0.25, -0.2) is 9.78 Å². The van der Waals surface area contributed by atoms with E-state index >= 15 is 0 Å². The molecule has 0 bridgehead atoms. The molecule has 170 valence electrons. The number of fused-ring (bicyclic) bond motifs is 2. The Balaban J connectivity index is 1.28. The van der Waals surface area contributed by atoms with Gasteiger partial charge in [-0.3, -0.25) is 14.7 Å². The second-order valence-corrected chi connectivity index (χ2v) is 8.76. The molecule has 5 rings (SSSR count). The number of pyridine rings is 2. The molecule has 3 aliphatic rings. The lowest BCUT2D eigenvalue weighted by Crippen LogP contribution is -2.64. The zero-order valence-electron chi connectivity index (χ0n) is 19.0. The van der Waals surface area contributed by atoms with Crippen LogP contribution < -0.4 is 15.5 Å². The number of rotatable bonds is 5. The number of carbonyl (C=O) groups is 1. The van der Waals surface area contributed by atoms with Crippen molar-refractivity contribution in [3.63, 3.8) is 0 Å². The Kier molecular flexibility index (Phi) is 5.70. The van der Waals surface area contributed by atoms with Crippen LogP contribution in [0.2, 0.25) is 0 Å². The van der Waals surface area contributed by atoms with Crippen molar-refractivity contribution in [3.05, 3.63) is 58.8 Å². The maximum atomic E-state index is 11.8. The van der Waals surface area contributed by atoms with Gasteiger partial charge in [0.1, 0.15) is 11.4 Å². The summed E-state index contributed by atoms with van der Waals surface area (Å²) in [4.78, 5) is 37.0. The van der Waals surface area contributed by atoms with E-state index in [1.165, 1.54) is 6.42 Å². The first kappa shape index (κ1) is 21.4. The topological polar surface area (TPSA) is 90.5 Å². The number of amides is 1. The van der Waals surface area contributed by atoms with Gasteiger partial charge in [0.25, 0.3) is 5.91 Å². The van der Waals surface area contributed by atoms with Crippen molar-refractivity contribution in [2.75, 3.05) is 30.4 Å². The zero-order valence-corrected chi connectivity index (χ0v) is 19.0. The molecule has 2 atom stereocenters. The molecule has 1 saturated heterocycles. The van der Waals surface area contributed by atoms with Gasteiger partial charge in [-0.15, -0.1) is 0 Å². The highest BCUT2D eigenvalue weighted by Gasteiger charge is 2.43. The first-order valence-corrected chi connectivity index (χ1v) is 11.5. The van der Waals surface area contributed by atoms with Crippen molar-refractivity contribution in [2.45, 2.75) is 44.8 Å². The molecule has 33 heavy (non-hydrogen) atoms. The summed E-state index contributed by atoms with van der Waals surface area (Å²) >= 11 is 0. The predicted octanol–water partition coefficient (Wildman–Crippen LogP) is 2.62. The minimum absolute atomic E-state index is 0.168. The Morgan fingerprint density at radius 1 is 1.21 bits per heavy atom. The standard InChI is InChI=1S/C25H28N6O2/c1-3-17-11-20-21(29-22(17)15-32)10-16(12-27-20)14-30-8-9-31(24-7-6-23(24)30)18-4-5-19(28-13-18)25(33)26-2/h4-5,10-13,23-24,29H,3,6-9,14H2,1-2H3,(H,26,33). The SMILES string of the molecule is CCC1=Cc2ncc(CN3CCN(c4ccc(C(=O)NC)nc4)C4CCC43)cc2NC1=C=O. The van der Waals surface area contributed by atoms with Crippen molar-refractivity contribution >= 4 is 29.3 Å². The first-order chi connectivity index (χ1) is 16.1. The average molecular weight is 445 g/mol. The summed E-state index contributed by atoms with van der Waals surface area (Å²) in [6.45, 7) is 4.71. The summed E-state index contributed by atoms with van der Waals surface area (Å²) in [5.74, 6) is 1.85. The highest BCUT2D eigenvalue weighted by atomic mass is 16.1. The molecule has 2 unspecified atom stereocenters. The van der Waals surface area contributed by atoms with E-state index in [0.29, 0.717) is 23.5 Å². The van der Waals surface area contributed by atoms with Crippen LogP contribution in [-0.4, -0.2) is 58.9 Å². The third kappa shape index (κ3) is 3.92. The Morgan fingerprint density at radius 2 is 2.06 bits per heavy atom. The number of aromatic nitrogens is 2. The number of anilines is 2. The largest absolute Gasteiger partial charge is 0.364 e. The van der Waals surface area contributed by atoms with E-state index in [1.54, 1.807) is 13.1 Å². The smallest absolute Gasteiger partial charge is 0.269 e. The molecule has 0 spiro atoms. The molecular formula is C25H28N6O2. The number of nitrogens with one attached hydrogen (secondary N) is 2. The summed E-state index contributed by atoms with van der Waals surface area (Å²) in [6.07, 6.45) is 8.81. The van der Waals surface area contributed by atoms with Crippen LogP contribution in [0.3, 0.4) is 0 Å². The lowest BCUT2D eigenvalue weighted by Gasteiger charge is -2.54. The molecule has 8 heteroatoms. The molecule has 2 aromatic rings. The zero-order chi connectivity index (χ0) is 22.9. The van der Waals surface area contributed by atoms with E-state index in [0.717, 1.165) is 60.7 Å². The number of carbonyl (C=O) groups excluding carboxylic acids is 2. The average Bonchev–Trinajstić information content (AvgIpc) is 2.83. The highest BCUT2D eigenvalue weighted by molar-refractivity contribution is 5.92. The fraction of sp³-hybridized carbons (Fsp3) is 0.400. The Morgan fingerprint density at radius 3 is 2.73 bits per heavy atom. The number of piperazine rings is 1. The molecular weight excluding hydrogens is 416 g/mol. The molecule has 0 radical (unpaired) electrons. The Hall–Kier alpha value is -3.48. The fourth-order valence-electron chi connectivity index (χ4n) is 5.03. The van der Waals surface area contributed by atoms with Crippen LogP contribution in [-0.2, 0) is 11.3 Å². The van der Waals surface area contributed by atoms with E-state index in [2.05, 4.69) is 36.5 Å². The van der Waals surface area contributed by atoms with Crippen LogP contribution in [0.25, 0.3) is 6.08 Å². The minimum atomic E-state index is -0.168. The molecule has 2 aromatic heterocycles. The van der Waals surface area contributed by atoms with Gasteiger partial charge < -0.3 is 15.5 Å². The molecule has 1 amide bonds. The van der Waals surface area contributed by atoms with Crippen molar-refractivity contribution in [3.8, 4) is 0 Å². The van der Waals surface area contributed by atoms with Gasteiger partial charge in [0, 0.05) is 45.0 Å². The second-order valence-electron chi connectivity index (χ2n) is 8.76. The van der Waals surface area contributed by atoms with E-state index in [9.17, 15) is 9.59 Å². The van der Waals surface area contributed by atoms with E-state index in [-0.39, 0.29) is 5.91 Å². The Bertz CT molecular complexity index is 1150. The molecule has 4 heterocycles. The van der Waals surface area contributed by atoms with Crippen LogP contribution in [0.5, 0.6) is 0 Å². The normalized spacial score (nSPS) is 21.7. The van der Waals surface area contributed by atoms with Crippen molar-refractivity contribution < 1.29 is 9.59 Å². The van der Waals surface area contributed by atoms with Crippen molar-refractivity contribution in [1.29, 1.82) is 0 Å². The molecule has 2 N–H and O–H groups in total. The van der Waals surface area contributed by atoms with Crippen LogP contribution in [0, 0.1) is 0 Å². The predicted molar refractivity (Wildman–Crippen MR) is 128 cm³/mol. The fourth-order valence-corrected chi connectivity index (χ4v) is 5.03. The van der Waals surface area contributed by atoms with Crippen molar-refractivity contribution in [2.24, 2.45) is 0 Å². The lowest BCUT2D eigenvalue weighted by molar-refractivity contribution is 0.0658. The second kappa shape index (κ2) is 8.81. The first-order valence-electron chi connectivity index (χ1n) is 11.5.